The molecule has 0 saturated heterocycles. The molecule has 0 atom stereocenters. The van der Waals surface area contributed by atoms with Gasteiger partial charge >= 0.3 is 5.97 Å². The molecule has 0 unspecified atom stereocenters. The summed E-state index contributed by atoms with van der Waals surface area (Å²) in [4.78, 5) is 27.0. The molecule has 5 nitrogen and oxygen atoms in total. The van der Waals surface area contributed by atoms with Gasteiger partial charge in [0.2, 0.25) is 5.91 Å². The molecular weight excluding hydrogens is 244 g/mol. The van der Waals surface area contributed by atoms with Crippen molar-refractivity contribution in [1.82, 2.24) is 9.55 Å². The van der Waals surface area contributed by atoms with Gasteiger partial charge in [-0.05, 0) is 19.1 Å². The Balaban J connectivity index is 2.57. The van der Waals surface area contributed by atoms with E-state index >= 15 is 0 Å². The predicted octanol–water partition coefficient (Wildman–Crippen LogP) is 2.62. The maximum absolute atomic E-state index is 11.7. The maximum atomic E-state index is 11.7. The summed E-state index contributed by atoms with van der Waals surface area (Å²) < 4.78 is 6.43. The van der Waals surface area contributed by atoms with Crippen molar-refractivity contribution in [1.29, 1.82) is 0 Å². The molecule has 2 rings (SSSR count). The van der Waals surface area contributed by atoms with Crippen LogP contribution in [0.5, 0.6) is 0 Å². The number of imidazole rings is 1. The molecule has 5 heteroatoms. The van der Waals surface area contributed by atoms with Crippen molar-refractivity contribution < 1.29 is 14.3 Å². The topological polar surface area (TPSA) is 61.2 Å². The summed E-state index contributed by atoms with van der Waals surface area (Å²) in [6, 6.07) is 7.34. The van der Waals surface area contributed by atoms with Crippen molar-refractivity contribution >= 4 is 29.0 Å². The molecule has 0 N–H and O–H groups in total. The number of ether oxygens (including phenoxy) is 1. The lowest BCUT2D eigenvalue weighted by Gasteiger charge is -2.03. The number of nitrogens with zero attached hydrogens (tertiary/aromatic N) is 2. The minimum absolute atomic E-state index is 0.143. The first-order valence-electron chi connectivity index (χ1n) is 5.84. The number of hydrogen-bond acceptors (Lipinski definition) is 4. The van der Waals surface area contributed by atoms with Crippen molar-refractivity contribution in [2.45, 2.75) is 20.8 Å². The first-order valence-corrected chi connectivity index (χ1v) is 5.84. The lowest BCUT2D eigenvalue weighted by molar-refractivity contribution is -0.136. The highest BCUT2D eigenvalue weighted by Crippen LogP contribution is 2.18. The van der Waals surface area contributed by atoms with Crippen LogP contribution < -0.4 is 0 Å². The Morgan fingerprint density at radius 2 is 1.89 bits per heavy atom. The maximum Gasteiger partial charge on any atom is 0.307 e. The molecule has 0 spiro atoms. The second-order valence-corrected chi connectivity index (χ2v) is 4.16. The highest BCUT2D eigenvalue weighted by Gasteiger charge is 2.12. The second-order valence-electron chi connectivity index (χ2n) is 4.16. The summed E-state index contributed by atoms with van der Waals surface area (Å²) in [6.07, 6.45) is 1.57. The van der Waals surface area contributed by atoms with Gasteiger partial charge < -0.3 is 4.74 Å². The zero-order valence-electron chi connectivity index (χ0n) is 11.0. The van der Waals surface area contributed by atoms with Crippen LogP contribution in [0.2, 0.25) is 0 Å². The molecule has 0 aliphatic carbocycles. The number of aromatic nitrogens is 2. The number of fused-ring (bicyclic) bond motifs is 1. The third-order valence-corrected chi connectivity index (χ3v) is 2.54. The largest absolute Gasteiger partial charge is 0.431 e. The van der Waals surface area contributed by atoms with Crippen LogP contribution in [0.25, 0.3) is 17.1 Å². The average molecular weight is 258 g/mol. The van der Waals surface area contributed by atoms with E-state index in [1.807, 2.05) is 24.3 Å². The number of esters is 1. The van der Waals surface area contributed by atoms with E-state index in [-0.39, 0.29) is 5.91 Å². The zero-order valence-corrected chi connectivity index (χ0v) is 11.0. The first kappa shape index (κ1) is 13.0. The van der Waals surface area contributed by atoms with E-state index in [0.717, 1.165) is 11.0 Å². The van der Waals surface area contributed by atoms with Crippen LogP contribution in [0.1, 0.15) is 31.4 Å². The summed E-state index contributed by atoms with van der Waals surface area (Å²) >= 11 is 0. The summed E-state index contributed by atoms with van der Waals surface area (Å²) in [5.74, 6) is 0.299. The molecule has 2 aromatic rings. The van der Waals surface area contributed by atoms with Crippen LogP contribution in [0, 0.1) is 0 Å². The molecule has 98 valence electrons. The molecule has 0 aliphatic heterocycles. The lowest BCUT2D eigenvalue weighted by Crippen LogP contribution is -2.08. The van der Waals surface area contributed by atoms with Gasteiger partial charge in [0.25, 0.3) is 0 Å². The van der Waals surface area contributed by atoms with E-state index in [2.05, 4.69) is 4.98 Å². The number of benzene rings is 1. The number of carbonyl (C=O) groups excluding carboxylic acids is 2. The molecule has 0 amide bonds. The molecule has 0 fully saturated rings. The first-order chi connectivity index (χ1) is 8.99. The standard InChI is InChI=1S/C14H14N2O3/c1-9(19-11(3)18)8-14-15-12-6-4-5-7-13(12)16(14)10(2)17/h4-8H,1-3H3. The Kier molecular flexibility index (Phi) is 3.46. The molecule has 0 saturated carbocycles. The zero-order chi connectivity index (χ0) is 14.0. The van der Waals surface area contributed by atoms with Crippen LogP contribution in [0.15, 0.2) is 30.0 Å². The number of carbonyl (C=O) groups is 2. The van der Waals surface area contributed by atoms with E-state index < -0.39 is 5.97 Å². The fourth-order valence-corrected chi connectivity index (χ4v) is 1.91. The summed E-state index contributed by atoms with van der Waals surface area (Å²) in [5, 5.41) is 0. The molecular formula is C14H14N2O3. The van der Waals surface area contributed by atoms with Crippen LogP contribution in [0.3, 0.4) is 0 Å². The number of allylic oxidation sites excluding steroid dienone is 1. The van der Waals surface area contributed by atoms with E-state index in [0.29, 0.717) is 11.6 Å². The van der Waals surface area contributed by atoms with Gasteiger partial charge in [-0.3, -0.25) is 14.2 Å². The number of para-hydroxylation sites is 2. The third kappa shape index (κ3) is 2.70. The van der Waals surface area contributed by atoms with Gasteiger partial charge in [-0.15, -0.1) is 0 Å². The Morgan fingerprint density at radius 3 is 2.53 bits per heavy atom. The fourth-order valence-electron chi connectivity index (χ4n) is 1.91. The van der Waals surface area contributed by atoms with Gasteiger partial charge in [-0.25, -0.2) is 4.98 Å². The predicted molar refractivity (Wildman–Crippen MR) is 71.5 cm³/mol. The van der Waals surface area contributed by atoms with E-state index in [1.54, 1.807) is 13.0 Å². The fraction of sp³-hybridized carbons (Fsp3) is 0.214. The third-order valence-electron chi connectivity index (χ3n) is 2.54. The molecule has 19 heavy (non-hydrogen) atoms. The molecule has 1 aromatic carbocycles. The minimum Gasteiger partial charge on any atom is -0.431 e. The van der Waals surface area contributed by atoms with E-state index in [9.17, 15) is 9.59 Å². The quantitative estimate of drug-likeness (QED) is 0.613. The van der Waals surface area contributed by atoms with Crippen molar-refractivity contribution in [2.24, 2.45) is 0 Å². The summed E-state index contributed by atoms with van der Waals surface area (Å²) in [6.45, 7) is 4.43. The Hall–Kier alpha value is -2.43. The molecule has 0 bridgehead atoms. The number of rotatable bonds is 2. The number of hydrogen-bond donors (Lipinski definition) is 0. The summed E-state index contributed by atoms with van der Waals surface area (Å²) in [5.41, 5.74) is 1.46. The van der Waals surface area contributed by atoms with E-state index in [1.165, 1.54) is 18.4 Å². The Morgan fingerprint density at radius 1 is 1.21 bits per heavy atom. The van der Waals surface area contributed by atoms with Gasteiger partial charge in [0, 0.05) is 19.9 Å². The molecule has 1 aromatic heterocycles. The monoisotopic (exact) mass is 258 g/mol. The second kappa shape index (κ2) is 5.06. The molecule has 1 heterocycles. The van der Waals surface area contributed by atoms with Crippen molar-refractivity contribution in [2.75, 3.05) is 0 Å². The molecule has 0 aliphatic rings. The van der Waals surface area contributed by atoms with Crippen molar-refractivity contribution in [3.63, 3.8) is 0 Å². The van der Waals surface area contributed by atoms with Crippen LogP contribution >= 0.6 is 0 Å². The van der Waals surface area contributed by atoms with Crippen LogP contribution in [0.4, 0.5) is 0 Å². The minimum atomic E-state index is -0.403. The Labute approximate surface area is 110 Å². The van der Waals surface area contributed by atoms with Gasteiger partial charge in [0.15, 0.2) is 0 Å². The highest BCUT2D eigenvalue weighted by molar-refractivity contribution is 5.91. The van der Waals surface area contributed by atoms with Crippen LogP contribution in [-0.4, -0.2) is 21.4 Å². The van der Waals surface area contributed by atoms with E-state index in [4.69, 9.17) is 4.74 Å². The van der Waals surface area contributed by atoms with Crippen LogP contribution in [-0.2, 0) is 9.53 Å². The lowest BCUT2D eigenvalue weighted by atomic mass is 10.3. The van der Waals surface area contributed by atoms with Crippen molar-refractivity contribution in [3.8, 4) is 0 Å². The van der Waals surface area contributed by atoms with Gasteiger partial charge in [0.1, 0.15) is 11.6 Å². The SMILES string of the molecule is CC(=O)OC(C)=Cc1nc2ccccc2n1C(C)=O. The van der Waals surface area contributed by atoms with Gasteiger partial charge in [0.05, 0.1) is 11.0 Å². The highest BCUT2D eigenvalue weighted by atomic mass is 16.5. The van der Waals surface area contributed by atoms with Gasteiger partial charge in [-0.2, -0.15) is 0 Å². The van der Waals surface area contributed by atoms with Crippen molar-refractivity contribution in [3.05, 3.63) is 35.8 Å². The normalized spacial score (nSPS) is 11.6. The molecule has 0 radical (unpaired) electrons. The van der Waals surface area contributed by atoms with Gasteiger partial charge in [-0.1, -0.05) is 12.1 Å². The smallest absolute Gasteiger partial charge is 0.307 e. The summed E-state index contributed by atoms with van der Waals surface area (Å²) in [7, 11) is 0. The Bertz CT molecular complexity index is 683. The average Bonchev–Trinajstić information content (AvgIpc) is 2.64.